The maximum Gasteiger partial charge on any atom is 0.416 e. The Morgan fingerprint density at radius 2 is 1.90 bits per heavy atom. The van der Waals surface area contributed by atoms with Crippen molar-refractivity contribution in [2.45, 2.75) is 22.8 Å². The van der Waals surface area contributed by atoms with E-state index < -0.39 is 11.7 Å². The third kappa shape index (κ3) is 4.94. The van der Waals surface area contributed by atoms with E-state index in [1.54, 1.807) is 6.07 Å². The molecule has 1 aromatic carbocycles. The highest BCUT2D eigenvalue weighted by Crippen LogP contribution is 2.32. The number of benzene rings is 1. The molecule has 0 saturated carbocycles. The first-order valence-electron chi connectivity index (χ1n) is 5.94. The predicted octanol–water partition coefficient (Wildman–Crippen LogP) is 3.43. The van der Waals surface area contributed by atoms with Crippen LogP contribution in [0.3, 0.4) is 0 Å². The Balaban J connectivity index is 1.81. The molecule has 0 bridgehead atoms. The van der Waals surface area contributed by atoms with E-state index in [2.05, 4.69) is 10.2 Å². The standard InChI is InChI=1S/C12H12F3N3OS2/c13-12(14,15)8-2-1-3-9(6-8)20-4-5-21-11-18-17-10(7-16)19-11/h1-3,6H,4-5,7,16H2. The number of hydrogen-bond acceptors (Lipinski definition) is 6. The van der Waals surface area contributed by atoms with E-state index in [0.717, 1.165) is 12.1 Å². The van der Waals surface area contributed by atoms with Crippen LogP contribution in [0.5, 0.6) is 0 Å². The Morgan fingerprint density at radius 1 is 1.14 bits per heavy atom. The second-order valence-electron chi connectivity index (χ2n) is 3.89. The molecule has 1 aromatic heterocycles. The fourth-order valence-corrected chi connectivity index (χ4v) is 3.15. The van der Waals surface area contributed by atoms with Crippen molar-refractivity contribution in [3.8, 4) is 0 Å². The smallest absolute Gasteiger partial charge is 0.415 e. The lowest BCUT2D eigenvalue weighted by molar-refractivity contribution is -0.137. The van der Waals surface area contributed by atoms with Crippen LogP contribution in [-0.2, 0) is 12.7 Å². The van der Waals surface area contributed by atoms with Crippen molar-refractivity contribution in [2.24, 2.45) is 5.73 Å². The van der Waals surface area contributed by atoms with E-state index in [4.69, 9.17) is 10.2 Å². The molecule has 114 valence electrons. The van der Waals surface area contributed by atoms with Crippen LogP contribution in [0.15, 0.2) is 38.8 Å². The summed E-state index contributed by atoms with van der Waals surface area (Å²) < 4.78 is 42.9. The summed E-state index contributed by atoms with van der Waals surface area (Å²) in [6.45, 7) is 0.187. The van der Waals surface area contributed by atoms with E-state index in [9.17, 15) is 13.2 Å². The van der Waals surface area contributed by atoms with Gasteiger partial charge < -0.3 is 10.2 Å². The molecule has 2 aromatic rings. The number of halogens is 3. The highest BCUT2D eigenvalue weighted by Gasteiger charge is 2.30. The van der Waals surface area contributed by atoms with Gasteiger partial charge in [0.25, 0.3) is 5.22 Å². The lowest BCUT2D eigenvalue weighted by Crippen LogP contribution is -2.04. The van der Waals surface area contributed by atoms with Gasteiger partial charge in [0.05, 0.1) is 12.1 Å². The number of alkyl halides is 3. The first-order chi connectivity index (χ1) is 9.99. The summed E-state index contributed by atoms with van der Waals surface area (Å²) in [5, 5.41) is 7.92. The van der Waals surface area contributed by atoms with Gasteiger partial charge in [-0.05, 0) is 18.2 Å². The first-order valence-corrected chi connectivity index (χ1v) is 7.91. The molecule has 0 amide bonds. The molecule has 21 heavy (non-hydrogen) atoms. The van der Waals surface area contributed by atoms with Crippen LogP contribution in [0.25, 0.3) is 0 Å². The van der Waals surface area contributed by atoms with Gasteiger partial charge in [-0.25, -0.2) is 0 Å². The number of rotatable bonds is 6. The van der Waals surface area contributed by atoms with Crippen LogP contribution in [0.1, 0.15) is 11.5 Å². The zero-order valence-corrected chi connectivity index (χ0v) is 12.4. The third-order valence-electron chi connectivity index (χ3n) is 2.36. The van der Waals surface area contributed by atoms with Gasteiger partial charge in [-0.3, -0.25) is 0 Å². The summed E-state index contributed by atoms with van der Waals surface area (Å²) in [6, 6.07) is 5.27. The molecular weight excluding hydrogens is 323 g/mol. The molecule has 0 aliphatic carbocycles. The number of nitrogens with zero attached hydrogens (tertiary/aromatic N) is 2. The Bertz CT molecular complexity index is 589. The van der Waals surface area contributed by atoms with E-state index in [1.807, 2.05) is 0 Å². The molecule has 0 atom stereocenters. The van der Waals surface area contributed by atoms with Crippen molar-refractivity contribution in [1.82, 2.24) is 10.2 Å². The van der Waals surface area contributed by atoms with Crippen molar-refractivity contribution >= 4 is 23.5 Å². The topological polar surface area (TPSA) is 64.9 Å². The molecule has 0 radical (unpaired) electrons. The first kappa shape index (κ1) is 16.2. The lowest BCUT2D eigenvalue weighted by atomic mass is 10.2. The second-order valence-corrected chi connectivity index (χ2v) is 6.10. The molecule has 4 nitrogen and oxygen atoms in total. The zero-order valence-electron chi connectivity index (χ0n) is 10.8. The summed E-state index contributed by atoms with van der Waals surface area (Å²) >= 11 is 2.69. The van der Waals surface area contributed by atoms with Gasteiger partial charge in [0.15, 0.2) is 0 Å². The van der Waals surface area contributed by atoms with E-state index in [0.29, 0.717) is 27.5 Å². The van der Waals surface area contributed by atoms with Gasteiger partial charge in [-0.2, -0.15) is 13.2 Å². The Hall–Kier alpha value is -1.19. The highest BCUT2D eigenvalue weighted by atomic mass is 32.2. The lowest BCUT2D eigenvalue weighted by Gasteiger charge is -2.08. The molecule has 0 fully saturated rings. The molecule has 2 rings (SSSR count). The average molecular weight is 335 g/mol. The van der Waals surface area contributed by atoms with Gasteiger partial charge in [0.2, 0.25) is 5.89 Å². The van der Waals surface area contributed by atoms with Gasteiger partial charge in [0.1, 0.15) is 0 Å². The molecule has 0 aliphatic rings. The molecular formula is C12H12F3N3OS2. The Labute approximate surface area is 127 Å². The molecule has 9 heteroatoms. The van der Waals surface area contributed by atoms with Crippen LogP contribution in [0.2, 0.25) is 0 Å². The van der Waals surface area contributed by atoms with Crippen LogP contribution in [0, 0.1) is 0 Å². The predicted molar refractivity (Wildman–Crippen MR) is 75.1 cm³/mol. The van der Waals surface area contributed by atoms with E-state index in [1.165, 1.54) is 29.6 Å². The van der Waals surface area contributed by atoms with Gasteiger partial charge in [-0.15, -0.1) is 22.0 Å². The minimum Gasteiger partial charge on any atom is -0.415 e. The Kier molecular flexibility index (Phi) is 5.54. The third-order valence-corrected chi connectivity index (χ3v) is 4.44. The van der Waals surface area contributed by atoms with Crippen molar-refractivity contribution < 1.29 is 17.6 Å². The average Bonchev–Trinajstić information content (AvgIpc) is 2.91. The van der Waals surface area contributed by atoms with Gasteiger partial charge in [-0.1, -0.05) is 17.8 Å². The van der Waals surface area contributed by atoms with Gasteiger partial charge >= 0.3 is 6.18 Å². The molecule has 0 aliphatic heterocycles. The molecule has 0 spiro atoms. The largest absolute Gasteiger partial charge is 0.416 e. The fourth-order valence-electron chi connectivity index (χ4n) is 1.43. The van der Waals surface area contributed by atoms with Crippen LogP contribution >= 0.6 is 23.5 Å². The number of thioether (sulfide) groups is 2. The fraction of sp³-hybridized carbons (Fsp3) is 0.333. The molecule has 0 unspecified atom stereocenters. The normalized spacial score (nSPS) is 11.8. The SMILES string of the molecule is NCc1nnc(SCCSc2cccc(C(F)(F)F)c2)o1. The highest BCUT2D eigenvalue weighted by molar-refractivity contribution is 8.02. The zero-order chi connectivity index (χ0) is 15.3. The van der Waals surface area contributed by atoms with Crippen molar-refractivity contribution in [3.63, 3.8) is 0 Å². The van der Waals surface area contributed by atoms with Crippen molar-refractivity contribution in [1.29, 1.82) is 0 Å². The summed E-state index contributed by atoms with van der Waals surface area (Å²) in [5.41, 5.74) is 4.71. The quantitative estimate of drug-likeness (QED) is 0.644. The molecule has 1 heterocycles. The Morgan fingerprint density at radius 3 is 2.57 bits per heavy atom. The van der Waals surface area contributed by atoms with Crippen molar-refractivity contribution in [2.75, 3.05) is 11.5 Å². The molecule has 0 saturated heterocycles. The van der Waals surface area contributed by atoms with Crippen LogP contribution in [-0.4, -0.2) is 21.7 Å². The van der Waals surface area contributed by atoms with E-state index >= 15 is 0 Å². The van der Waals surface area contributed by atoms with E-state index in [-0.39, 0.29) is 6.54 Å². The summed E-state index contributed by atoms with van der Waals surface area (Å²) in [7, 11) is 0. The summed E-state index contributed by atoms with van der Waals surface area (Å²) in [6.07, 6.45) is -4.31. The maximum atomic E-state index is 12.6. The maximum absolute atomic E-state index is 12.6. The minimum atomic E-state index is -4.31. The number of nitrogens with two attached hydrogens (primary N) is 1. The number of hydrogen-bond donors (Lipinski definition) is 1. The summed E-state index contributed by atoms with van der Waals surface area (Å²) in [5.74, 6) is 1.64. The van der Waals surface area contributed by atoms with Crippen LogP contribution in [0.4, 0.5) is 13.2 Å². The van der Waals surface area contributed by atoms with Crippen molar-refractivity contribution in [3.05, 3.63) is 35.7 Å². The monoisotopic (exact) mass is 335 g/mol. The minimum absolute atomic E-state index is 0.187. The van der Waals surface area contributed by atoms with Gasteiger partial charge in [0, 0.05) is 16.4 Å². The second kappa shape index (κ2) is 7.19. The number of aromatic nitrogens is 2. The molecule has 2 N–H and O–H groups in total. The summed E-state index contributed by atoms with van der Waals surface area (Å²) in [4.78, 5) is 0.582. The van der Waals surface area contributed by atoms with Crippen LogP contribution < -0.4 is 5.73 Å².